The van der Waals surface area contributed by atoms with Crippen molar-refractivity contribution in [1.29, 1.82) is 0 Å². The van der Waals surface area contributed by atoms with Gasteiger partial charge in [-0.3, -0.25) is 0 Å². The number of benzene rings is 1. The predicted octanol–water partition coefficient (Wildman–Crippen LogP) is 4.26. The van der Waals surface area contributed by atoms with Gasteiger partial charge in [0.2, 0.25) is 0 Å². The zero-order valence-electron chi connectivity index (χ0n) is 12.1. The molecule has 0 aromatic heterocycles. The maximum Gasteiger partial charge on any atom is 0.0195 e. The summed E-state index contributed by atoms with van der Waals surface area (Å²) in [4.78, 5) is 0. The van der Waals surface area contributed by atoms with Crippen molar-refractivity contribution in [3.63, 3.8) is 0 Å². The van der Waals surface area contributed by atoms with Crippen LogP contribution in [0.1, 0.15) is 63.5 Å². The Morgan fingerprint density at radius 1 is 1.17 bits per heavy atom. The lowest BCUT2D eigenvalue weighted by atomic mass is 9.74. The van der Waals surface area contributed by atoms with E-state index >= 15 is 0 Å². The van der Waals surface area contributed by atoms with Gasteiger partial charge in [-0.1, -0.05) is 45.0 Å². The Labute approximate surface area is 112 Å². The van der Waals surface area contributed by atoms with Crippen LogP contribution in [0.15, 0.2) is 24.3 Å². The third-order valence-electron chi connectivity index (χ3n) is 4.47. The van der Waals surface area contributed by atoms with E-state index in [9.17, 15) is 0 Å². The summed E-state index contributed by atoms with van der Waals surface area (Å²) in [6.45, 7) is 6.82. The van der Waals surface area contributed by atoms with Crippen LogP contribution in [0.2, 0.25) is 0 Å². The molecule has 1 aliphatic carbocycles. The molecule has 100 valence electrons. The van der Waals surface area contributed by atoms with E-state index in [0.29, 0.717) is 5.92 Å². The Balaban J connectivity index is 2.00. The Morgan fingerprint density at radius 3 is 2.22 bits per heavy atom. The van der Waals surface area contributed by atoms with Crippen LogP contribution in [0, 0.1) is 5.92 Å². The quantitative estimate of drug-likeness (QED) is 0.846. The van der Waals surface area contributed by atoms with Gasteiger partial charge in [-0.15, -0.1) is 0 Å². The first-order valence-electron chi connectivity index (χ1n) is 7.36. The molecule has 0 unspecified atom stereocenters. The van der Waals surface area contributed by atoms with E-state index in [1.54, 1.807) is 0 Å². The van der Waals surface area contributed by atoms with Gasteiger partial charge in [0.1, 0.15) is 0 Å². The second-order valence-electron chi connectivity index (χ2n) is 6.62. The van der Waals surface area contributed by atoms with E-state index in [4.69, 9.17) is 5.73 Å². The minimum absolute atomic E-state index is 0.0475. The molecule has 1 heteroatoms. The van der Waals surface area contributed by atoms with Gasteiger partial charge in [-0.05, 0) is 55.1 Å². The number of hydrogen-bond donors (Lipinski definition) is 1. The minimum atomic E-state index is 0.0475. The van der Waals surface area contributed by atoms with E-state index in [0.717, 1.165) is 12.3 Å². The Bertz CT molecular complexity index is 369. The summed E-state index contributed by atoms with van der Waals surface area (Å²) in [6.07, 6.45) is 5.99. The van der Waals surface area contributed by atoms with Crippen molar-refractivity contribution in [3.05, 3.63) is 35.4 Å². The third kappa shape index (κ3) is 3.35. The first-order chi connectivity index (χ1) is 8.48. The van der Waals surface area contributed by atoms with Gasteiger partial charge < -0.3 is 5.73 Å². The molecule has 1 aromatic carbocycles. The highest BCUT2D eigenvalue weighted by atomic mass is 14.7. The number of nitrogens with two attached hydrogens (primary N) is 1. The van der Waals surface area contributed by atoms with Gasteiger partial charge >= 0.3 is 0 Å². The van der Waals surface area contributed by atoms with Gasteiger partial charge in [-0.25, -0.2) is 0 Å². The molecule has 0 heterocycles. The monoisotopic (exact) mass is 245 g/mol. The van der Waals surface area contributed by atoms with Crippen LogP contribution in [0.3, 0.4) is 0 Å². The van der Waals surface area contributed by atoms with Crippen molar-refractivity contribution in [2.45, 2.75) is 64.3 Å². The van der Waals surface area contributed by atoms with Crippen LogP contribution in [0.5, 0.6) is 0 Å². The normalized spacial score (nSPS) is 28.6. The molecule has 0 radical (unpaired) electrons. The van der Waals surface area contributed by atoms with E-state index in [1.165, 1.54) is 36.8 Å². The maximum atomic E-state index is 6.55. The Kier molecular flexibility index (Phi) is 4.11. The summed E-state index contributed by atoms with van der Waals surface area (Å²) in [7, 11) is 0. The van der Waals surface area contributed by atoms with E-state index in [2.05, 4.69) is 45.0 Å². The fraction of sp³-hybridized carbons (Fsp3) is 0.647. The molecule has 0 bridgehead atoms. The van der Waals surface area contributed by atoms with Gasteiger partial charge in [0, 0.05) is 5.54 Å². The fourth-order valence-electron chi connectivity index (χ4n) is 2.94. The highest BCUT2D eigenvalue weighted by Crippen LogP contribution is 2.32. The molecule has 0 atom stereocenters. The topological polar surface area (TPSA) is 26.0 Å². The van der Waals surface area contributed by atoms with Crippen molar-refractivity contribution in [1.82, 2.24) is 0 Å². The lowest BCUT2D eigenvalue weighted by molar-refractivity contribution is 0.243. The lowest BCUT2D eigenvalue weighted by Gasteiger charge is -2.36. The minimum Gasteiger partial charge on any atom is -0.325 e. The second-order valence-corrected chi connectivity index (χ2v) is 6.62. The SMILES string of the molecule is CC1CCC(N)(Cc2ccc(C(C)C)cc2)CC1. The van der Waals surface area contributed by atoms with Crippen molar-refractivity contribution < 1.29 is 0 Å². The van der Waals surface area contributed by atoms with Crippen molar-refractivity contribution in [2.75, 3.05) is 0 Å². The molecule has 1 fully saturated rings. The number of hydrogen-bond acceptors (Lipinski definition) is 1. The smallest absolute Gasteiger partial charge is 0.0195 e. The van der Waals surface area contributed by atoms with Gasteiger partial charge in [0.25, 0.3) is 0 Å². The predicted molar refractivity (Wildman–Crippen MR) is 78.8 cm³/mol. The van der Waals surface area contributed by atoms with Crippen LogP contribution in [-0.4, -0.2) is 5.54 Å². The molecule has 18 heavy (non-hydrogen) atoms. The zero-order valence-corrected chi connectivity index (χ0v) is 12.1. The van der Waals surface area contributed by atoms with Gasteiger partial charge in [0.15, 0.2) is 0 Å². The maximum absolute atomic E-state index is 6.55. The Morgan fingerprint density at radius 2 is 1.72 bits per heavy atom. The average molecular weight is 245 g/mol. The highest BCUT2D eigenvalue weighted by Gasteiger charge is 2.30. The van der Waals surface area contributed by atoms with E-state index in [-0.39, 0.29) is 5.54 Å². The molecule has 0 saturated heterocycles. The molecule has 0 spiro atoms. The molecular formula is C17H27N. The summed E-state index contributed by atoms with van der Waals surface area (Å²) in [5.74, 6) is 1.48. The van der Waals surface area contributed by atoms with Crippen molar-refractivity contribution >= 4 is 0 Å². The van der Waals surface area contributed by atoms with Crippen molar-refractivity contribution in [3.8, 4) is 0 Å². The molecule has 2 rings (SSSR count). The van der Waals surface area contributed by atoms with E-state index < -0.39 is 0 Å². The summed E-state index contributed by atoms with van der Waals surface area (Å²) in [6, 6.07) is 9.05. The Hall–Kier alpha value is -0.820. The molecule has 1 nitrogen and oxygen atoms in total. The van der Waals surface area contributed by atoms with Gasteiger partial charge in [-0.2, -0.15) is 0 Å². The molecular weight excluding hydrogens is 218 g/mol. The molecule has 1 aromatic rings. The molecule has 0 amide bonds. The third-order valence-corrected chi connectivity index (χ3v) is 4.47. The second kappa shape index (κ2) is 5.44. The zero-order chi connectivity index (χ0) is 13.2. The van der Waals surface area contributed by atoms with Gasteiger partial charge in [0.05, 0.1) is 0 Å². The van der Waals surface area contributed by atoms with Crippen LogP contribution in [0.4, 0.5) is 0 Å². The van der Waals surface area contributed by atoms with E-state index in [1.807, 2.05) is 0 Å². The molecule has 0 aliphatic heterocycles. The molecule has 2 N–H and O–H groups in total. The standard InChI is InChI=1S/C17H27N/c1-13(2)16-6-4-15(5-7-16)12-17(18)10-8-14(3)9-11-17/h4-7,13-14H,8-12,18H2,1-3H3. The summed E-state index contributed by atoms with van der Waals surface area (Å²) < 4.78 is 0. The van der Waals surface area contributed by atoms with Crippen LogP contribution >= 0.6 is 0 Å². The highest BCUT2D eigenvalue weighted by molar-refractivity contribution is 5.26. The summed E-state index contributed by atoms with van der Waals surface area (Å²) in [5.41, 5.74) is 9.42. The van der Waals surface area contributed by atoms with Crippen LogP contribution in [-0.2, 0) is 6.42 Å². The molecule has 1 saturated carbocycles. The first-order valence-corrected chi connectivity index (χ1v) is 7.36. The fourth-order valence-corrected chi connectivity index (χ4v) is 2.94. The number of rotatable bonds is 3. The first kappa shape index (κ1) is 13.6. The average Bonchev–Trinajstić information content (AvgIpc) is 2.34. The van der Waals surface area contributed by atoms with Crippen LogP contribution < -0.4 is 5.73 Å². The summed E-state index contributed by atoms with van der Waals surface area (Å²) in [5, 5.41) is 0. The summed E-state index contributed by atoms with van der Waals surface area (Å²) >= 11 is 0. The molecule has 1 aliphatic rings. The van der Waals surface area contributed by atoms with Crippen LogP contribution in [0.25, 0.3) is 0 Å². The van der Waals surface area contributed by atoms with Crippen molar-refractivity contribution in [2.24, 2.45) is 11.7 Å². The largest absolute Gasteiger partial charge is 0.325 e. The lowest BCUT2D eigenvalue weighted by Crippen LogP contribution is -2.45.